The normalized spacial score (nSPS) is 12.2. The van der Waals surface area contributed by atoms with Crippen LogP contribution in [0.1, 0.15) is 26.5 Å². The lowest BCUT2D eigenvalue weighted by Gasteiger charge is -2.24. The van der Waals surface area contributed by atoms with Crippen molar-refractivity contribution >= 4 is 34.0 Å². The van der Waals surface area contributed by atoms with E-state index in [1.165, 1.54) is 25.5 Å². The van der Waals surface area contributed by atoms with Crippen LogP contribution in [0.4, 0.5) is 23.0 Å². The maximum absolute atomic E-state index is 13.3. The molecule has 0 saturated heterocycles. The smallest absolute Gasteiger partial charge is 0.436 e. The molecule has 0 aromatic carbocycles. The number of thiazole rings is 1. The topological polar surface area (TPSA) is 55.3 Å². The highest BCUT2D eigenvalue weighted by atomic mass is 35.5. The van der Waals surface area contributed by atoms with Crippen LogP contribution in [0.5, 0.6) is 0 Å². The van der Waals surface area contributed by atoms with Crippen LogP contribution in [0.2, 0.25) is 5.02 Å². The van der Waals surface area contributed by atoms with Gasteiger partial charge in [-0.25, -0.2) is 9.78 Å². The van der Waals surface area contributed by atoms with Crippen molar-refractivity contribution in [1.29, 1.82) is 0 Å². The van der Waals surface area contributed by atoms with Gasteiger partial charge in [0, 0.05) is 25.0 Å². The molecule has 136 valence electrons. The molecule has 2 rings (SSSR count). The molecule has 2 aromatic heterocycles. The second-order valence-corrected chi connectivity index (χ2v) is 7.52. The Morgan fingerprint density at radius 1 is 1.28 bits per heavy atom. The highest BCUT2D eigenvalue weighted by molar-refractivity contribution is 7.19. The Morgan fingerprint density at radius 3 is 2.44 bits per heavy atom. The van der Waals surface area contributed by atoms with Gasteiger partial charge in [-0.05, 0) is 26.8 Å². The monoisotopic (exact) mass is 393 g/mol. The first-order valence-electron chi connectivity index (χ1n) is 7.04. The van der Waals surface area contributed by atoms with E-state index in [0.29, 0.717) is 16.9 Å². The van der Waals surface area contributed by atoms with Crippen LogP contribution in [0.25, 0.3) is 10.6 Å². The first-order valence-corrected chi connectivity index (χ1v) is 8.23. The molecule has 1 amide bonds. The minimum absolute atomic E-state index is 0.0488. The molecule has 2 heterocycles. The number of anilines is 1. The van der Waals surface area contributed by atoms with Gasteiger partial charge in [0.1, 0.15) is 15.6 Å². The van der Waals surface area contributed by atoms with Crippen LogP contribution >= 0.6 is 22.9 Å². The van der Waals surface area contributed by atoms with Crippen LogP contribution in [-0.4, -0.2) is 28.7 Å². The van der Waals surface area contributed by atoms with Gasteiger partial charge in [0.25, 0.3) is 0 Å². The summed E-state index contributed by atoms with van der Waals surface area (Å²) >= 11 is 6.53. The predicted octanol–water partition coefficient (Wildman–Crippen LogP) is 5.25. The lowest BCUT2D eigenvalue weighted by molar-refractivity contribution is -0.140. The third-order valence-corrected chi connectivity index (χ3v) is 4.19. The van der Waals surface area contributed by atoms with Crippen LogP contribution in [0, 0.1) is 0 Å². The molecule has 0 atom stereocenters. The molecule has 0 radical (unpaired) electrons. The summed E-state index contributed by atoms with van der Waals surface area (Å²) in [5.74, 6) is 0. The number of hydrogen-bond donors (Lipinski definition) is 0. The summed E-state index contributed by atoms with van der Waals surface area (Å²) in [4.78, 5) is 20.4. The molecule has 0 aliphatic carbocycles. The van der Waals surface area contributed by atoms with Gasteiger partial charge in [-0.2, -0.15) is 13.2 Å². The average molecular weight is 394 g/mol. The number of rotatable bonds is 2. The molecule has 0 fully saturated rings. The molecular formula is C15H15ClF3N3O2S. The summed E-state index contributed by atoms with van der Waals surface area (Å²) in [7, 11) is 1.21. The molecule has 0 aliphatic heterocycles. The molecule has 0 bridgehead atoms. The van der Waals surface area contributed by atoms with Crippen LogP contribution in [-0.2, 0) is 10.9 Å². The van der Waals surface area contributed by atoms with Crippen molar-refractivity contribution in [2.45, 2.75) is 32.5 Å². The summed E-state index contributed by atoms with van der Waals surface area (Å²) in [6.07, 6.45) is -2.93. The summed E-state index contributed by atoms with van der Waals surface area (Å²) < 4.78 is 45.1. The zero-order valence-corrected chi connectivity index (χ0v) is 15.4. The van der Waals surface area contributed by atoms with Gasteiger partial charge in [0.15, 0.2) is 5.69 Å². The number of halogens is 4. The van der Waals surface area contributed by atoms with Gasteiger partial charge < -0.3 is 4.74 Å². The van der Waals surface area contributed by atoms with Gasteiger partial charge in [0.2, 0.25) is 0 Å². The number of aromatic nitrogens is 2. The number of carbonyl (C=O) groups excluding carboxylic acids is 1. The van der Waals surface area contributed by atoms with E-state index in [-0.39, 0.29) is 15.0 Å². The lowest BCUT2D eigenvalue weighted by atomic mass is 10.2. The van der Waals surface area contributed by atoms with Crippen molar-refractivity contribution in [3.05, 3.63) is 29.2 Å². The Balaban J connectivity index is 2.48. The standard InChI is InChI=1S/C15H15ClF3N3O2S/c1-14(2,3)24-13(23)22(4)12-10(15(17,18)19)21-11(25-12)8-5-9(16)7-20-6-8/h5-7H,1-4H3. The second-order valence-electron chi connectivity index (χ2n) is 6.10. The van der Waals surface area contributed by atoms with E-state index in [2.05, 4.69) is 9.97 Å². The van der Waals surface area contributed by atoms with Gasteiger partial charge in [-0.15, -0.1) is 0 Å². The van der Waals surface area contributed by atoms with E-state index in [1.807, 2.05) is 0 Å². The predicted molar refractivity (Wildman–Crippen MR) is 90.0 cm³/mol. The Bertz CT molecular complexity index is 787. The lowest BCUT2D eigenvalue weighted by Crippen LogP contribution is -2.34. The molecule has 0 saturated carbocycles. The van der Waals surface area contributed by atoms with Crippen molar-refractivity contribution in [1.82, 2.24) is 9.97 Å². The Kier molecular flexibility index (Phi) is 5.29. The van der Waals surface area contributed by atoms with Gasteiger partial charge >= 0.3 is 12.3 Å². The van der Waals surface area contributed by atoms with E-state index in [0.717, 1.165) is 4.90 Å². The van der Waals surface area contributed by atoms with Crippen molar-refractivity contribution in [3.63, 3.8) is 0 Å². The number of hydrogen-bond acceptors (Lipinski definition) is 5. The Labute approximate surface area is 151 Å². The van der Waals surface area contributed by atoms with Crippen molar-refractivity contribution in [2.24, 2.45) is 0 Å². The van der Waals surface area contributed by atoms with Crippen molar-refractivity contribution in [2.75, 3.05) is 11.9 Å². The molecule has 25 heavy (non-hydrogen) atoms. The van der Waals surface area contributed by atoms with Crippen molar-refractivity contribution in [3.8, 4) is 10.6 Å². The fourth-order valence-corrected chi connectivity index (χ4v) is 2.98. The second kappa shape index (κ2) is 6.80. The van der Waals surface area contributed by atoms with Crippen LogP contribution in [0.3, 0.4) is 0 Å². The third kappa shape index (κ3) is 4.82. The number of ether oxygens (including phenoxy) is 1. The molecule has 10 heteroatoms. The van der Waals surface area contributed by atoms with E-state index in [9.17, 15) is 18.0 Å². The molecular weight excluding hydrogens is 379 g/mol. The summed E-state index contributed by atoms with van der Waals surface area (Å²) in [6.45, 7) is 4.87. The Morgan fingerprint density at radius 2 is 1.92 bits per heavy atom. The molecule has 5 nitrogen and oxygen atoms in total. The van der Waals surface area contributed by atoms with Crippen LogP contribution in [0.15, 0.2) is 18.5 Å². The maximum Gasteiger partial charge on any atom is 0.436 e. The fourth-order valence-electron chi connectivity index (χ4n) is 1.79. The van der Waals surface area contributed by atoms with Crippen LogP contribution < -0.4 is 4.90 Å². The number of nitrogens with zero attached hydrogens (tertiary/aromatic N) is 3. The average Bonchev–Trinajstić information content (AvgIpc) is 2.89. The summed E-state index contributed by atoms with van der Waals surface area (Å²) in [5, 5.41) is -0.0484. The third-order valence-electron chi connectivity index (χ3n) is 2.80. The highest BCUT2D eigenvalue weighted by Crippen LogP contribution is 2.43. The molecule has 0 unspecified atom stereocenters. The van der Waals surface area contributed by atoms with Gasteiger partial charge in [-0.3, -0.25) is 9.88 Å². The van der Waals surface area contributed by atoms with Crippen molar-refractivity contribution < 1.29 is 22.7 Å². The van der Waals surface area contributed by atoms with Gasteiger partial charge in [0.05, 0.1) is 5.02 Å². The van der Waals surface area contributed by atoms with E-state index in [1.54, 1.807) is 20.8 Å². The summed E-state index contributed by atoms with van der Waals surface area (Å²) in [5.41, 5.74) is -1.68. The van der Waals surface area contributed by atoms with E-state index in [4.69, 9.17) is 16.3 Å². The first kappa shape index (κ1) is 19.5. The van der Waals surface area contributed by atoms with E-state index >= 15 is 0 Å². The zero-order chi connectivity index (χ0) is 19.0. The number of alkyl halides is 3. The largest absolute Gasteiger partial charge is 0.443 e. The summed E-state index contributed by atoms with van der Waals surface area (Å²) in [6, 6.07) is 1.45. The fraction of sp³-hybridized carbons (Fsp3) is 0.400. The molecule has 2 aromatic rings. The van der Waals surface area contributed by atoms with E-state index < -0.39 is 23.6 Å². The zero-order valence-electron chi connectivity index (χ0n) is 13.8. The quantitative estimate of drug-likeness (QED) is 0.699. The highest BCUT2D eigenvalue weighted by Gasteiger charge is 2.40. The molecule has 0 spiro atoms. The Hall–Kier alpha value is -1.87. The number of amides is 1. The minimum atomic E-state index is -4.73. The number of pyridine rings is 1. The minimum Gasteiger partial charge on any atom is -0.443 e. The SMILES string of the molecule is CN(C(=O)OC(C)(C)C)c1sc(-c2cncc(Cl)c2)nc1C(F)(F)F. The first-order chi connectivity index (χ1) is 11.4. The molecule has 0 aliphatic rings. The number of carbonyl (C=O) groups is 1. The maximum atomic E-state index is 13.3. The van der Waals surface area contributed by atoms with Gasteiger partial charge in [-0.1, -0.05) is 22.9 Å². The molecule has 0 N–H and O–H groups in total.